The lowest BCUT2D eigenvalue weighted by molar-refractivity contribution is 0.343. The van der Waals surface area contributed by atoms with Gasteiger partial charge in [-0.2, -0.15) is 0 Å². The molecule has 2 N–H and O–H groups in total. The molecule has 0 aliphatic rings. The van der Waals surface area contributed by atoms with Crippen molar-refractivity contribution in [3.8, 4) is 5.75 Å². The third kappa shape index (κ3) is 4.14. The lowest BCUT2D eigenvalue weighted by Crippen LogP contribution is -2.46. The van der Waals surface area contributed by atoms with Crippen molar-refractivity contribution in [1.82, 2.24) is 0 Å². The minimum absolute atomic E-state index is 0.280. The third-order valence-electron chi connectivity index (χ3n) is 3.05. The van der Waals surface area contributed by atoms with E-state index in [1.807, 2.05) is 36.4 Å². The summed E-state index contributed by atoms with van der Waals surface area (Å²) >= 11 is 12.0. The summed E-state index contributed by atoms with van der Waals surface area (Å²) in [5.41, 5.74) is 7.43. The molecular formula is C15H16BCl2NO2. The van der Waals surface area contributed by atoms with Crippen molar-refractivity contribution in [1.29, 1.82) is 0 Å². The standard InChI is InChI=1S/C15H16BCl2NO2/c1-20-15-10-13(18)6-7-14(15)16(21-9-8-19)11-2-4-12(17)5-3-11/h2-7,10H,8-9,19H2,1H3. The van der Waals surface area contributed by atoms with E-state index in [0.29, 0.717) is 28.9 Å². The van der Waals surface area contributed by atoms with Crippen molar-refractivity contribution < 1.29 is 9.39 Å². The highest BCUT2D eigenvalue weighted by Crippen LogP contribution is 2.16. The summed E-state index contributed by atoms with van der Waals surface area (Å²) in [6.45, 7) is 0.608. The summed E-state index contributed by atoms with van der Waals surface area (Å²) in [6.07, 6.45) is 0. The van der Waals surface area contributed by atoms with Crippen molar-refractivity contribution in [3.63, 3.8) is 0 Å². The van der Waals surface area contributed by atoms with Crippen LogP contribution in [0.15, 0.2) is 42.5 Å². The van der Waals surface area contributed by atoms with E-state index in [4.69, 9.17) is 38.3 Å². The Morgan fingerprint density at radius 2 is 1.71 bits per heavy atom. The number of hydrogen-bond acceptors (Lipinski definition) is 3. The van der Waals surface area contributed by atoms with E-state index < -0.39 is 0 Å². The molecule has 0 bridgehead atoms. The zero-order valence-electron chi connectivity index (χ0n) is 11.7. The lowest BCUT2D eigenvalue weighted by atomic mass is 9.55. The second-order valence-corrected chi connectivity index (χ2v) is 5.35. The summed E-state index contributed by atoms with van der Waals surface area (Å²) in [5, 5.41) is 1.30. The maximum Gasteiger partial charge on any atom is 0.365 e. The van der Waals surface area contributed by atoms with Gasteiger partial charge in [-0.15, -0.1) is 0 Å². The van der Waals surface area contributed by atoms with Gasteiger partial charge in [0.15, 0.2) is 0 Å². The molecule has 2 rings (SSSR count). The third-order valence-corrected chi connectivity index (χ3v) is 3.54. The van der Waals surface area contributed by atoms with Gasteiger partial charge in [0.2, 0.25) is 0 Å². The van der Waals surface area contributed by atoms with Crippen LogP contribution in [-0.2, 0) is 4.65 Å². The normalized spacial score (nSPS) is 10.5. The molecule has 0 aromatic heterocycles. The Hall–Kier alpha value is -1.20. The molecule has 2 aromatic carbocycles. The van der Waals surface area contributed by atoms with E-state index in [-0.39, 0.29) is 6.92 Å². The van der Waals surface area contributed by atoms with Gasteiger partial charge in [-0.25, -0.2) is 0 Å². The Labute approximate surface area is 135 Å². The molecule has 0 fully saturated rings. The van der Waals surface area contributed by atoms with Crippen LogP contribution in [0.5, 0.6) is 5.75 Å². The topological polar surface area (TPSA) is 44.5 Å². The van der Waals surface area contributed by atoms with Gasteiger partial charge in [-0.05, 0) is 35.2 Å². The highest BCUT2D eigenvalue weighted by molar-refractivity contribution is 6.80. The molecule has 6 heteroatoms. The van der Waals surface area contributed by atoms with E-state index in [9.17, 15) is 0 Å². The number of ether oxygens (including phenoxy) is 1. The molecule has 0 saturated carbocycles. The molecule has 0 aliphatic heterocycles. The average molecular weight is 324 g/mol. The molecule has 0 radical (unpaired) electrons. The van der Waals surface area contributed by atoms with Crippen molar-refractivity contribution in [2.75, 3.05) is 20.3 Å². The number of benzene rings is 2. The minimum Gasteiger partial charge on any atom is -0.497 e. The molecule has 21 heavy (non-hydrogen) atoms. The smallest absolute Gasteiger partial charge is 0.365 e. The van der Waals surface area contributed by atoms with Crippen LogP contribution in [0.25, 0.3) is 0 Å². The van der Waals surface area contributed by atoms with Crippen LogP contribution in [0.2, 0.25) is 10.0 Å². The van der Waals surface area contributed by atoms with Crippen LogP contribution in [-0.4, -0.2) is 27.2 Å². The average Bonchev–Trinajstić information content (AvgIpc) is 2.50. The van der Waals surface area contributed by atoms with Gasteiger partial charge in [0.05, 0.1) is 7.11 Å². The molecule has 0 saturated heterocycles. The van der Waals surface area contributed by atoms with Crippen LogP contribution >= 0.6 is 23.2 Å². The Kier molecular flexibility index (Phi) is 5.94. The van der Waals surface area contributed by atoms with Gasteiger partial charge in [-0.3, -0.25) is 0 Å². The first-order chi connectivity index (χ1) is 10.2. The first-order valence-electron chi connectivity index (χ1n) is 6.56. The highest BCUT2D eigenvalue weighted by Gasteiger charge is 2.25. The van der Waals surface area contributed by atoms with Crippen molar-refractivity contribution >= 4 is 41.0 Å². The summed E-state index contributed by atoms with van der Waals surface area (Å²) < 4.78 is 11.3. The van der Waals surface area contributed by atoms with Gasteiger partial charge >= 0.3 is 6.92 Å². The van der Waals surface area contributed by atoms with Crippen LogP contribution in [0.3, 0.4) is 0 Å². The number of methoxy groups -OCH3 is 1. The fourth-order valence-corrected chi connectivity index (χ4v) is 2.38. The van der Waals surface area contributed by atoms with Gasteiger partial charge in [0.1, 0.15) is 5.75 Å². The van der Waals surface area contributed by atoms with Gasteiger partial charge in [-0.1, -0.05) is 41.4 Å². The maximum absolute atomic E-state index is 6.01. The first kappa shape index (κ1) is 16.2. The number of nitrogens with two attached hydrogens (primary N) is 1. The predicted molar refractivity (Wildman–Crippen MR) is 89.5 cm³/mol. The minimum atomic E-state index is -0.280. The number of hydrogen-bond donors (Lipinski definition) is 1. The fourth-order valence-electron chi connectivity index (χ4n) is 2.09. The van der Waals surface area contributed by atoms with Crippen molar-refractivity contribution in [3.05, 3.63) is 52.5 Å². The molecule has 0 heterocycles. The monoisotopic (exact) mass is 323 g/mol. The molecule has 0 amide bonds. The van der Waals surface area contributed by atoms with Crippen LogP contribution in [0.4, 0.5) is 0 Å². The highest BCUT2D eigenvalue weighted by atomic mass is 35.5. The molecule has 110 valence electrons. The molecule has 0 spiro atoms. The predicted octanol–water partition coefficient (Wildman–Crippen LogP) is 2.08. The van der Waals surface area contributed by atoms with Gasteiger partial charge in [0, 0.05) is 23.2 Å². The van der Waals surface area contributed by atoms with Crippen molar-refractivity contribution in [2.45, 2.75) is 0 Å². The Morgan fingerprint density at radius 3 is 2.33 bits per heavy atom. The maximum atomic E-state index is 6.01. The molecule has 0 unspecified atom stereocenters. The van der Waals surface area contributed by atoms with Crippen LogP contribution in [0.1, 0.15) is 0 Å². The lowest BCUT2D eigenvalue weighted by Gasteiger charge is -2.18. The van der Waals surface area contributed by atoms with Crippen LogP contribution in [0, 0.1) is 0 Å². The van der Waals surface area contributed by atoms with E-state index in [1.165, 1.54) is 0 Å². The Bertz CT molecular complexity index is 593. The molecule has 2 aromatic rings. The van der Waals surface area contributed by atoms with Crippen molar-refractivity contribution in [2.24, 2.45) is 5.73 Å². The Morgan fingerprint density at radius 1 is 1.05 bits per heavy atom. The summed E-state index contributed by atoms with van der Waals surface area (Å²) in [5.74, 6) is 0.680. The van der Waals surface area contributed by atoms with E-state index in [2.05, 4.69) is 0 Å². The summed E-state index contributed by atoms with van der Waals surface area (Å²) in [6, 6.07) is 13.0. The Balaban J connectivity index is 2.42. The SMILES string of the molecule is COc1cc(Cl)ccc1B(OCCN)c1ccc(Cl)cc1. The van der Waals surface area contributed by atoms with E-state index >= 15 is 0 Å². The molecule has 0 aliphatic carbocycles. The summed E-state index contributed by atoms with van der Waals surface area (Å²) in [7, 11) is 1.61. The first-order valence-corrected chi connectivity index (χ1v) is 7.32. The van der Waals surface area contributed by atoms with E-state index in [0.717, 1.165) is 10.9 Å². The second-order valence-electron chi connectivity index (χ2n) is 4.48. The number of rotatable bonds is 6. The van der Waals surface area contributed by atoms with Gasteiger partial charge in [0.25, 0.3) is 0 Å². The molecule has 0 atom stereocenters. The zero-order chi connectivity index (χ0) is 15.2. The largest absolute Gasteiger partial charge is 0.497 e. The molecule has 3 nitrogen and oxygen atoms in total. The number of halogens is 2. The molecular weight excluding hydrogens is 308 g/mol. The summed E-state index contributed by atoms with van der Waals surface area (Å²) in [4.78, 5) is 0. The zero-order valence-corrected chi connectivity index (χ0v) is 13.2. The quantitative estimate of drug-likeness (QED) is 0.828. The second kappa shape index (κ2) is 7.71. The van der Waals surface area contributed by atoms with Gasteiger partial charge < -0.3 is 15.1 Å². The fraction of sp³-hybridized carbons (Fsp3) is 0.200. The van der Waals surface area contributed by atoms with Crippen LogP contribution < -0.4 is 21.4 Å². The van der Waals surface area contributed by atoms with E-state index in [1.54, 1.807) is 13.2 Å².